The summed E-state index contributed by atoms with van der Waals surface area (Å²) in [6, 6.07) is 8.92. The number of hydrogen-bond donors (Lipinski definition) is 6. The molecule has 0 spiro atoms. The summed E-state index contributed by atoms with van der Waals surface area (Å²) in [7, 11) is 0. The summed E-state index contributed by atoms with van der Waals surface area (Å²) in [5.41, 5.74) is 0.815. The van der Waals surface area contributed by atoms with Crippen molar-refractivity contribution in [2.24, 2.45) is 5.92 Å². The van der Waals surface area contributed by atoms with Crippen LogP contribution in [0.5, 0.6) is 0 Å². The Kier molecular flexibility index (Phi) is 12.3. The van der Waals surface area contributed by atoms with Crippen LogP contribution in [0.1, 0.15) is 36.8 Å². The molecule has 0 radical (unpaired) electrons. The fraction of sp³-hybridized carbons (Fsp3) is 0.433. The van der Waals surface area contributed by atoms with Crippen LogP contribution in [0, 0.1) is 5.92 Å². The van der Waals surface area contributed by atoms with Crippen molar-refractivity contribution in [2.45, 2.75) is 51.4 Å². The Morgan fingerprint density at radius 3 is 2.20 bits per heavy atom. The molecule has 0 saturated carbocycles. The minimum atomic E-state index is -1.42. The van der Waals surface area contributed by atoms with Crippen LogP contribution in [0.4, 0.5) is 0 Å². The second-order valence-electron chi connectivity index (χ2n) is 10.7. The monoisotopic (exact) mass is 609 g/mol. The van der Waals surface area contributed by atoms with Gasteiger partial charge in [-0.25, -0.2) is 0 Å². The van der Waals surface area contributed by atoms with Crippen molar-refractivity contribution >= 4 is 35.4 Å². The van der Waals surface area contributed by atoms with Crippen molar-refractivity contribution in [1.29, 1.82) is 0 Å². The molecule has 2 aromatic rings. The highest BCUT2D eigenvalue weighted by Crippen LogP contribution is 2.07. The Bertz CT molecular complexity index is 1320. The van der Waals surface area contributed by atoms with E-state index in [-0.39, 0.29) is 25.2 Å². The van der Waals surface area contributed by atoms with Gasteiger partial charge in [0.25, 0.3) is 5.91 Å². The fourth-order valence-electron chi connectivity index (χ4n) is 4.46. The number of pyridine rings is 1. The van der Waals surface area contributed by atoms with Crippen LogP contribution < -0.4 is 26.6 Å². The maximum Gasteiger partial charge on any atom is 0.272 e. The van der Waals surface area contributed by atoms with E-state index in [1.165, 1.54) is 24.1 Å². The molecule has 2 heterocycles. The highest BCUT2D eigenvalue weighted by molar-refractivity contribution is 5.97. The number of nitrogens with one attached hydrogen (secondary N) is 5. The third kappa shape index (κ3) is 9.59. The lowest BCUT2D eigenvalue weighted by atomic mass is 10.0. The average Bonchev–Trinajstić information content (AvgIpc) is 3.01. The Hall–Kier alpha value is -4.85. The van der Waals surface area contributed by atoms with Gasteiger partial charge in [0.1, 0.15) is 29.9 Å². The third-order valence-corrected chi connectivity index (χ3v) is 6.94. The number of carbonyl (C=O) groups is 6. The van der Waals surface area contributed by atoms with Crippen LogP contribution in [0.15, 0.2) is 54.7 Å². The summed E-state index contributed by atoms with van der Waals surface area (Å²) in [5.74, 6) is -4.41. The third-order valence-electron chi connectivity index (χ3n) is 6.94. The number of aromatic nitrogens is 1. The predicted octanol–water partition coefficient (Wildman–Crippen LogP) is -1.50. The van der Waals surface area contributed by atoms with E-state index in [4.69, 9.17) is 0 Å². The number of benzene rings is 1. The van der Waals surface area contributed by atoms with Crippen LogP contribution in [0.25, 0.3) is 0 Å². The number of nitrogens with zero attached hydrogens (tertiary/aromatic N) is 2. The molecule has 0 bridgehead atoms. The first kappa shape index (κ1) is 33.6. The summed E-state index contributed by atoms with van der Waals surface area (Å²) in [4.78, 5) is 84.1. The van der Waals surface area contributed by atoms with Crippen LogP contribution in [-0.2, 0) is 30.4 Å². The summed E-state index contributed by atoms with van der Waals surface area (Å²) >= 11 is 0. The van der Waals surface area contributed by atoms with Gasteiger partial charge in [0.05, 0.1) is 13.2 Å². The van der Waals surface area contributed by atoms with Gasteiger partial charge in [0, 0.05) is 25.7 Å². The zero-order chi connectivity index (χ0) is 32.2. The predicted molar refractivity (Wildman–Crippen MR) is 159 cm³/mol. The van der Waals surface area contributed by atoms with Gasteiger partial charge in [-0.2, -0.15) is 0 Å². The minimum absolute atomic E-state index is 0.0796. The molecule has 44 heavy (non-hydrogen) atoms. The summed E-state index contributed by atoms with van der Waals surface area (Å²) in [6.45, 7) is 3.39. The largest absolute Gasteiger partial charge is 0.394 e. The van der Waals surface area contributed by atoms with E-state index in [1.54, 1.807) is 56.3 Å². The summed E-state index contributed by atoms with van der Waals surface area (Å²) in [5, 5.41) is 22.7. The first-order valence-electron chi connectivity index (χ1n) is 14.3. The molecule has 14 nitrogen and oxygen atoms in total. The van der Waals surface area contributed by atoms with Crippen molar-refractivity contribution in [3.8, 4) is 0 Å². The minimum Gasteiger partial charge on any atom is -0.394 e. The summed E-state index contributed by atoms with van der Waals surface area (Å²) in [6.07, 6.45) is 1.52. The molecule has 1 fully saturated rings. The van der Waals surface area contributed by atoms with E-state index in [0.717, 1.165) is 5.56 Å². The highest BCUT2D eigenvalue weighted by Gasteiger charge is 2.32. The fourth-order valence-corrected chi connectivity index (χ4v) is 4.46. The molecule has 236 valence electrons. The van der Waals surface area contributed by atoms with E-state index in [0.29, 0.717) is 0 Å². The molecule has 14 heteroatoms. The molecule has 1 saturated heterocycles. The lowest BCUT2D eigenvalue weighted by Crippen LogP contribution is -2.60. The van der Waals surface area contributed by atoms with Crippen molar-refractivity contribution in [3.05, 3.63) is 66.0 Å². The van der Waals surface area contributed by atoms with Crippen LogP contribution in [-0.4, -0.2) is 101 Å². The zero-order valence-electron chi connectivity index (χ0n) is 24.9. The quantitative estimate of drug-likeness (QED) is 0.235. The Morgan fingerprint density at radius 1 is 0.886 bits per heavy atom. The Morgan fingerprint density at radius 2 is 1.57 bits per heavy atom. The maximum atomic E-state index is 13.3. The number of amides is 6. The van der Waals surface area contributed by atoms with Crippen LogP contribution in [0.2, 0.25) is 0 Å². The lowest BCUT2D eigenvalue weighted by molar-refractivity contribution is -0.135. The maximum absolute atomic E-state index is 13.3. The molecule has 6 amide bonds. The molecule has 4 atom stereocenters. The first-order valence-corrected chi connectivity index (χ1v) is 14.3. The van der Waals surface area contributed by atoms with Crippen molar-refractivity contribution in [3.63, 3.8) is 0 Å². The van der Waals surface area contributed by atoms with Crippen molar-refractivity contribution in [2.75, 3.05) is 26.2 Å². The topological polar surface area (TPSA) is 199 Å². The number of hydrogen-bond acceptors (Lipinski definition) is 8. The second kappa shape index (κ2) is 16.1. The van der Waals surface area contributed by atoms with Gasteiger partial charge in [-0.05, 0) is 30.5 Å². The lowest BCUT2D eigenvalue weighted by Gasteiger charge is -2.28. The van der Waals surface area contributed by atoms with E-state index >= 15 is 0 Å². The van der Waals surface area contributed by atoms with Gasteiger partial charge in [0.2, 0.25) is 29.5 Å². The average molecular weight is 610 g/mol. The summed E-state index contributed by atoms with van der Waals surface area (Å²) < 4.78 is 0. The van der Waals surface area contributed by atoms with E-state index < -0.39 is 78.7 Å². The van der Waals surface area contributed by atoms with E-state index in [1.807, 2.05) is 0 Å². The number of aliphatic hydroxyl groups is 1. The van der Waals surface area contributed by atoms with Gasteiger partial charge in [-0.1, -0.05) is 50.2 Å². The van der Waals surface area contributed by atoms with Crippen LogP contribution >= 0.6 is 0 Å². The number of rotatable bonds is 5. The zero-order valence-corrected chi connectivity index (χ0v) is 24.9. The number of aliphatic hydroxyl groups excluding tert-OH is 1. The molecular formula is C30H39N7O7. The molecule has 0 aliphatic carbocycles. The Labute approximate surface area is 255 Å². The smallest absolute Gasteiger partial charge is 0.272 e. The van der Waals surface area contributed by atoms with Gasteiger partial charge in [0.15, 0.2) is 0 Å². The van der Waals surface area contributed by atoms with Crippen molar-refractivity contribution < 1.29 is 33.9 Å². The standard InChI is InChI=1S/C30H39N7O7/c1-18(2)25-29(43)33-19(3)26(40)35-23(17-38)28(42)34-22(15-20-9-5-4-6-10-20)27(41)32-13-14-37(16-24(39)36-25)30(44)21-11-7-8-12-31-21/h4-12,18-19,22-23,25,38H,13-17H2,1-3H3,(H,32,41)(H,33,43)(H,34,42)(H,35,40)(H,36,39)/t19-,22+,23-,25+/m0/s1. The van der Waals surface area contributed by atoms with Gasteiger partial charge >= 0.3 is 0 Å². The van der Waals surface area contributed by atoms with Gasteiger partial charge in [-0.15, -0.1) is 0 Å². The second-order valence-corrected chi connectivity index (χ2v) is 10.7. The normalized spacial score (nSPS) is 22.9. The molecule has 6 N–H and O–H groups in total. The molecule has 1 aliphatic rings. The molecule has 0 unspecified atom stereocenters. The molecule has 1 aromatic heterocycles. The van der Waals surface area contributed by atoms with Gasteiger partial charge < -0.3 is 36.6 Å². The van der Waals surface area contributed by atoms with E-state index in [2.05, 4.69) is 31.6 Å². The molecule has 1 aromatic carbocycles. The first-order chi connectivity index (χ1) is 21.0. The molecule has 1 aliphatic heterocycles. The van der Waals surface area contributed by atoms with Crippen LogP contribution in [0.3, 0.4) is 0 Å². The van der Waals surface area contributed by atoms with E-state index in [9.17, 15) is 33.9 Å². The molecule has 3 rings (SSSR count). The molecular weight excluding hydrogens is 570 g/mol. The Balaban J connectivity index is 1.92. The SMILES string of the molecule is CC(C)[C@H]1NC(=O)CN(C(=O)c2ccccn2)CCNC(=O)[C@@H](Cc2ccccc2)NC(=O)[C@H](CO)NC(=O)[C@H](C)NC1=O. The highest BCUT2D eigenvalue weighted by atomic mass is 16.3. The van der Waals surface area contributed by atoms with Gasteiger partial charge in [-0.3, -0.25) is 33.8 Å². The number of carbonyl (C=O) groups excluding carboxylic acids is 6. The van der Waals surface area contributed by atoms with Crippen molar-refractivity contribution in [1.82, 2.24) is 36.5 Å².